The van der Waals surface area contributed by atoms with E-state index in [1.807, 2.05) is 13.0 Å². The van der Waals surface area contributed by atoms with Crippen molar-refractivity contribution in [2.45, 2.75) is 32.4 Å². The fourth-order valence-electron chi connectivity index (χ4n) is 2.14. The Morgan fingerprint density at radius 3 is 3.00 bits per heavy atom. The second-order valence-corrected chi connectivity index (χ2v) is 4.48. The van der Waals surface area contributed by atoms with E-state index < -0.39 is 6.04 Å². The highest BCUT2D eigenvalue weighted by Crippen LogP contribution is 2.23. The van der Waals surface area contributed by atoms with Crippen LogP contribution in [0.4, 0.5) is 0 Å². The molecule has 17 heavy (non-hydrogen) atoms. The molecule has 1 atom stereocenters. The molecule has 1 amide bonds. The van der Waals surface area contributed by atoms with Gasteiger partial charge in [-0.05, 0) is 36.1 Å². The van der Waals surface area contributed by atoms with Gasteiger partial charge in [-0.2, -0.15) is 0 Å². The Bertz CT molecular complexity index is 431. The van der Waals surface area contributed by atoms with Gasteiger partial charge in [-0.3, -0.25) is 4.79 Å². The predicted molar refractivity (Wildman–Crippen MR) is 65.5 cm³/mol. The first kappa shape index (κ1) is 11.9. The molecule has 1 heterocycles. The van der Waals surface area contributed by atoms with E-state index in [2.05, 4.69) is 0 Å². The molecule has 2 rings (SSSR count). The van der Waals surface area contributed by atoms with Gasteiger partial charge in [-0.25, -0.2) is 0 Å². The van der Waals surface area contributed by atoms with Crippen LogP contribution in [0, 0.1) is 0 Å². The fraction of sp³-hybridized carbons (Fsp3) is 0.462. The lowest BCUT2D eigenvalue weighted by molar-refractivity contribution is -0.133. The number of benzene rings is 1. The van der Waals surface area contributed by atoms with Crippen LogP contribution in [0.5, 0.6) is 5.75 Å². The maximum Gasteiger partial charge on any atom is 0.239 e. The van der Waals surface area contributed by atoms with Gasteiger partial charge in [0.1, 0.15) is 5.75 Å². The molecule has 0 aliphatic carbocycles. The zero-order chi connectivity index (χ0) is 12.4. The van der Waals surface area contributed by atoms with Crippen LogP contribution in [-0.4, -0.2) is 28.5 Å². The molecule has 92 valence electrons. The summed E-state index contributed by atoms with van der Waals surface area (Å²) in [5.41, 5.74) is 7.98. The monoisotopic (exact) mass is 234 g/mol. The molecule has 0 saturated heterocycles. The zero-order valence-corrected chi connectivity index (χ0v) is 10.0. The summed E-state index contributed by atoms with van der Waals surface area (Å²) in [5.74, 6) is 0.249. The van der Waals surface area contributed by atoms with Gasteiger partial charge in [-0.1, -0.05) is 13.0 Å². The van der Waals surface area contributed by atoms with E-state index in [4.69, 9.17) is 5.73 Å². The average molecular weight is 234 g/mol. The summed E-state index contributed by atoms with van der Waals surface area (Å²) in [5, 5.41) is 9.44. The lowest BCUT2D eigenvalue weighted by atomic mass is 9.99. The van der Waals surface area contributed by atoms with Crippen LogP contribution < -0.4 is 5.73 Å². The number of nitrogens with two attached hydrogens (primary N) is 1. The number of hydrogen-bond donors (Lipinski definition) is 2. The van der Waals surface area contributed by atoms with Crippen LogP contribution in [0.25, 0.3) is 0 Å². The SMILES string of the molecule is CC[C@H](N)C(=O)N1CCc2ccc(O)cc2C1. The minimum Gasteiger partial charge on any atom is -0.508 e. The summed E-state index contributed by atoms with van der Waals surface area (Å²) in [6, 6.07) is 4.93. The number of nitrogens with zero attached hydrogens (tertiary/aromatic N) is 1. The average Bonchev–Trinajstić information content (AvgIpc) is 2.36. The Morgan fingerprint density at radius 1 is 1.53 bits per heavy atom. The molecule has 0 bridgehead atoms. The molecule has 3 N–H and O–H groups in total. The number of fused-ring (bicyclic) bond motifs is 1. The van der Waals surface area contributed by atoms with E-state index in [0.29, 0.717) is 19.5 Å². The summed E-state index contributed by atoms with van der Waals surface area (Å²) < 4.78 is 0. The molecule has 0 radical (unpaired) electrons. The van der Waals surface area contributed by atoms with Gasteiger partial charge in [0.25, 0.3) is 0 Å². The first-order chi connectivity index (χ1) is 8.11. The zero-order valence-electron chi connectivity index (χ0n) is 10.0. The maximum atomic E-state index is 12.0. The van der Waals surface area contributed by atoms with E-state index in [-0.39, 0.29) is 11.7 Å². The molecule has 0 saturated carbocycles. The second-order valence-electron chi connectivity index (χ2n) is 4.48. The number of aromatic hydroxyl groups is 1. The topological polar surface area (TPSA) is 66.6 Å². The Balaban J connectivity index is 2.15. The highest BCUT2D eigenvalue weighted by Gasteiger charge is 2.24. The van der Waals surface area contributed by atoms with Crippen molar-refractivity contribution in [3.05, 3.63) is 29.3 Å². The molecule has 0 spiro atoms. The maximum absolute atomic E-state index is 12.0. The lowest BCUT2D eigenvalue weighted by Gasteiger charge is -2.30. The summed E-state index contributed by atoms with van der Waals surface area (Å²) in [7, 11) is 0. The molecule has 4 heteroatoms. The van der Waals surface area contributed by atoms with Crippen LogP contribution in [0.2, 0.25) is 0 Å². The normalized spacial score (nSPS) is 16.5. The van der Waals surface area contributed by atoms with E-state index >= 15 is 0 Å². The summed E-state index contributed by atoms with van der Waals surface area (Å²) in [6.45, 7) is 3.17. The molecular weight excluding hydrogens is 216 g/mol. The van der Waals surface area contributed by atoms with E-state index in [9.17, 15) is 9.90 Å². The number of hydrogen-bond acceptors (Lipinski definition) is 3. The minimum atomic E-state index is -0.408. The summed E-state index contributed by atoms with van der Waals surface area (Å²) >= 11 is 0. The van der Waals surface area contributed by atoms with Gasteiger partial charge in [-0.15, -0.1) is 0 Å². The van der Waals surface area contributed by atoms with Crippen molar-refractivity contribution in [2.24, 2.45) is 5.73 Å². The molecule has 1 aromatic rings. The van der Waals surface area contributed by atoms with Gasteiger partial charge in [0.05, 0.1) is 6.04 Å². The van der Waals surface area contributed by atoms with E-state index in [0.717, 1.165) is 12.0 Å². The second kappa shape index (κ2) is 4.75. The fourth-order valence-corrected chi connectivity index (χ4v) is 2.14. The highest BCUT2D eigenvalue weighted by molar-refractivity contribution is 5.81. The van der Waals surface area contributed by atoms with Crippen LogP contribution >= 0.6 is 0 Å². The van der Waals surface area contributed by atoms with Crippen LogP contribution in [0.1, 0.15) is 24.5 Å². The van der Waals surface area contributed by atoms with Crippen molar-refractivity contribution in [1.29, 1.82) is 0 Å². The van der Waals surface area contributed by atoms with Gasteiger partial charge in [0.15, 0.2) is 0 Å². The van der Waals surface area contributed by atoms with Gasteiger partial charge in [0.2, 0.25) is 5.91 Å². The van der Waals surface area contributed by atoms with Crippen molar-refractivity contribution in [3.63, 3.8) is 0 Å². The standard InChI is InChI=1S/C13H18N2O2/c1-2-12(14)13(17)15-6-5-9-3-4-11(16)7-10(9)8-15/h3-4,7,12,16H,2,5-6,8,14H2,1H3/t12-/m0/s1. The van der Waals surface area contributed by atoms with Crippen molar-refractivity contribution in [1.82, 2.24) is 4.90 Å². The molecule has 4 nitrogen and oxygen atoms in total. The molecule has 0 fully saturated rings. The number of carbonyl (C=O) groups is 1. The minimum absolute atomic E-state index is 0.00138. The van der Waals surface area contributed by atoms with Crippen molar-refractivity contribution >= 4 is 5.91 Å². The predicted octanol–water partition coefficient (Wildman–Crippen LogP) is 1.01. The Hall–Kier alpha value is -1.55. The van der Waals surface area contributed by atoms with Crippen molar-refractivity contribution in [3.8, 4) is 5.75 Å². The molecule has 1 aromatic carbocycles. The largest absolute Gasteiger partial charge is 0.508 e. The Labute approximate surface area is 101 Å². The van der Waals surface area contributed by atoms with Gasteiger partial charge in [0, 0.05) is 13.1 Å². The van der Waals surface area contributed by atoms with Crippen LogP contribution in [0.3, 0.4) is 0 Å². The van der Waals surface area contributed by atoms with Crippen LogP contribution in [0.15, 0.2) is 18.2 Å². The van der Waals surface area contributed by atoms with Gasteiger partial charge < -0.3 is 15.7 Å². The molecule has 1 aliphatic heterocycles. The molecule has 1 aliphatic rings. The van der Waals surface area contributed by atoms with Crippen molar-refractivity contribution < 1.29 is 9.90 Å². The third-order valence-electron chi connectivity index (χ3n) is 3.27. The number of phenolic OH excluding ortho intramolecular Hbond substituents is 1. The third-order valence-corrected chi connectivity index (χ3v) is 3.27. The number of phenols is 1. The Morgan fingerprint density at radius 2 is 2.29 bits per heavy atom. The molecule has 0 aromatic heterocycles. The number of rotatable bonds is 2. The molecule has 0 unspecified atom stereocenters. The highest BCUT2D eigenvalue weighted by atomic mass is 16.3. The summed E-state index contributed by atoms with van der Waals surface area (Å²) in [6.07, 6.45) is 1.49. The van der Waals surface area contributed by atoms with E-state index in [1.165, 1.54) is 5.56 Å². The first-order valence-corrected chi connectivity index (χ1v) is 5.97. The van der Waals surface area contributed by atoms with Gasteiger partial charge >= 0.3 is 0 Å². The smallest absolute Gasteiger partial charge is 0.239 e. The quantitative estimate of drug-likeness (QED) is 0.802. The number of amides is 1. The van der Waals surface area contributed by atoms with Crippen molar-refractivity contribution in [2.75, 3.05) is 6.54 Å². The van der Waals surface area contributed by atoms with E-state index in [1.54, 1.807) is 17.0 Å². The third kappa shape index (κ3) is 2.42. The lowest BCUT2D eigenvalue weighted by Crippen LogP contribution is -2.45. The number of carbonyl (C=O) groups excluding carboxylic acids is 1. The van der Waals surface area contributed by atoms with Crippen LogP contribution in [-0.2, 0) is 17.8 Å². The summed E-state index contributed by atoms with van der Waals surface area (Å²) in [4.78, 5) is 13.7. The Kier molecular flexibility index (Phi) is 3.33. The first-order valence-electron chi connectivity index (χ1n) is 5.97. The molecular formula is C13H18N2O2.